The molecule has 0 amide bonds. The third kappa shape index (κ3) is 5.18. The highest BCUT2D eigenvalue weighted by molar-refractivity contribution is 5.71. The van der Waals surface area contributed by atoms with Gasteiger partial charge in [0.15, 0.2) is 17.9 Å². The maximum atomic E-state index is 14.9. The Morgan fingerprint density at radius 3 is 2.21 bits per heavy atom. The molecule has 0 saturated carbocycles. The average molecular weight is 469 g/mol. The summed E-state index contributed by atoms with van der Waals surface area (Å²) in [5.41, 5.74) is 2.40. The highest BCUT2D eigenvalue weighted by Gasteiger charge is 2.24. The zero-order valence-electron chi connectivity index (χ0n) is 19.2. The Balaban J connectivity index is 1.50. The molecule has 3 aromatic rings. The molecule has 34 heavy (non-hydrogen) atoms. The molecule has 1 aliphatic heterocycles. The van der Waals surface area contributed by atoms with Crippen molar-refractivity contribution in [3.8, 4) is 28.0 Å². The molecular weight excluding hydrogens is 441 g/mol. The van der Waals surface area contributed by atoms with Crippen LogP contribution in [-0.2, 0) is 9.47 Å². The minimum Gasteiger partial charge on any atom is -0.490 e. The van der Waals surface area contributed by atoms with E-state index in [2.05, 4.69) is 0 Å². The summed E-state index contributed by atoms with van der Waals surface area (Å²) in [6, 6.07) is 14.7. The molecule has 0 spiro atoms. The van der Waals surface area contributed by atoms with Gasteiger partial charge >= 0.3 is 0 Å². The standard InChI is InChI=1S/C28H27F3O3/c1-3-5-18-16-33-28(34-17-18)23-11-10-21(15-24(23)29)19-6-8-20(9-7-19)22-12-13-25(32-14-4-2)27(31)26(22)30/h3,5-13,15,18,28H,4,14,16-17H2,1-2H3/b5-3+. The van der Waals surface area contributed by atoms with Gasteiger partial charge in [-0.2, -0.15) is 4.39 Å². The molecular formula is C28H27F3O3. The van der Waals surface area contributed by atoms with Crippen molar-refractivity contribution in [1.29, 1.82) is 0 Å². The van der Waals surface area contributed by atoms with Crippen LogP contribution >= 0.6 is 0 Å². The van der Waals surface area contributed by atoms with Crippen LogP contribution in [0, 0.1) is 23.4 Å². The van der Waals surface area contributed by atoms with Crippen molar-refractivity contribution in [3.63, 3.8) is 0 Å². The van der Waals surface area contributed by atoms with E-state index in [-0.39, 0.29) is 17.2 Å². The van der Waals surface area contributed by atoms with Crippen LogP contribution in [0.2, 0.25) is 0 Å². The SMILES string of the molecule is C/C=C/C1COC(c2ccc(-c3ccc(-c4ccc(OCCC)c(F)c4F)cc3)cc2F)OC1. The molecule has 1 aliphatic rings. The fourth-order valence-electron chi connectivity index (χ4n) is 3.90. The molecule has 4 rings (SSSR count). The van der Waals surface area contributed by atoms with E-state index in [9.17, 15) is 13.2 Å². The Bertz CT molecular complexity index is 1150. The summed E-state index contributed by atoms with van der Waals surface area (Å²) in [4.78, 5) is 0. The number of benzene rings is 3. The number of halogens is 3. The van der Waals surface area contributed by atoms with E-state index in [4.69, 9.17) is 14.2 Å². The zero-order chi connectivity index (χ0) is 24.1. The minimum atomic E-state index is -1.00. The van der Waals surface area contributed by atoms with E-state index < -0.39 is 23.7 Å². The van der Waals surface area contributed by atoms with Crippen molar-refractivity contribution in [1.82, 2.24) is 0 Å². The molecule has 1 fully saturated rings. The van der Waals surface area contributed by atoms with Crippen LogP contribution in [0.5, 0.6) is 5.75 Å². The molecule has 0 N–H and O–H groups in total. The van der Waals surface area contributed by atoms with Crippen molar-refractivity contribution in [2.75, 3.05) is 19.8 Å². The van der Waals surface area contributed by atoms with Crippen molar-refractivity contribution < 1.29 is 27.4 Å². The minimum absolute atomic E-state index is 0.0986. The third-order valence-corrected chi connectivity index (χ3v) is 5.68. The van der Waals surface area contributed by atoms with Crippen molar-refractivity contribution in [2.45, 2.75) is 26.6 Å². The third-order valence-electron chi connectivity index (χ3n) is 5.68. The molecule has 0 atom stereocenters. The first-order valence-corrected chi connectivity index (χ1v) is 11.4. The lowest BCUT2D eigenvalue weighted by Crippen LogP contribution is -2.26. The summed E-state index contributed by atoms with van der Waals surface area (Å²) in [6.45, 7) is 5.09. The van der Waals surface area contributed by atoms with Gasteiger partial charge in [0.1, 0.15) is 5.82 Å². The van der Waals surface area contributed by atoms with E-state index in [0.29, 0.717) is 42.9 Å². The van der Waals surface area contributed by atoms with Crippen LogP contribution in [0.15, 0.2) is 66.7 Å². The predicted molar refractivity (Wildman–Crippen MR) is 126 cm³/mol. The molecule has 1 heterocycles. The highest BCUT2D eigenvalue weighted by atomic mass is 19.2. The van der Waals surface area contributed by atoms with Gasteiger partial charge in [0.05, 0.1) is 19.8 Å². The quantitative estimate of drug-likeness (QED) is 0.337. The van der Waals surface area contributed by atoms with E-state index in [1.807, 2.05) is 26.0 Å². The van der Waals surface area contributed by atoms with Crippen LogP contribution in [0.3, 0.4) is 0 Å². The second-order valence-corrected chi connectivity index (χ2v) is 8.19. The molecule has 3 aromatic carbocycles. The van der Waals surface area contributed by atoms with Gasteiger partial charge in [0.25, 0.3) is 0 Å². The van der Waals surface area contributed by atoms with Gasteiger partial charge < -0.3 is 14.2 Å². The summed E-state index contributed by atoms with van der Waals surface area (Å²) in [5.74, 6) is -2.32. The largest absolute Gasteiger partial charge is 0.490 e. The lowest BCUT2D eigenvalue weighted by atomic mass is 9.98. The summed E-state index contributed by atoms with van der Waals surface area (Å²) in [5, 5.41) is 0. The fourth-order valence-corrected chi connectivity index (χ4v) is 3.90. The zero-order valence-corrected chi connectivity index (χ0v) is 19.2. The maximum absolute atomic E-state index is 14.9. The first kappa shape index (κ1) is 24.0. The fraction of sp³-hybridized carbons (Fsp3) is 0.286. The number of hydrogen-bond donors (Lipinski definition) is 0. The molecule has 0 bridgehead atoms. The summed E-state index contributed by atoms with van der Waals surface area (Å²) in [7, 11) is 0. The summed E-state index contributed by atoms with van der Waals surface area (Å²) >= 11 is 0. The monoisotopic (exact) mass is 468 g/mol. The average Bonchev–Trinajstić information content (AvgIpc) is 2.86. The van der Waals surface area contributed by atoms with Crippen molar-refractivity contribution >= 4 is 0 Å². The molecule has 178 valence electrons. The van der Waals surface area contributed by atoms with Gasteiger partial charge in [0, 0.05) is 17.0 Å². The Kier molecular flexibility index (Phi) is 7.70. The first-order chi connectivity index (χ1) is 16.5. The molecule has 3 nitrogen and oxygen atoms in total. The molecule has 0 radical (unpaired) electrons. The van der Waals surface area contributed by atoms with Crippen LogP contribution in [-0.4, -0.2) is 19.8 Å². The molecule has 0 aromatic heterocycles. The number of allylic oxidation sites excluding steroid dienone is 1. The smallest absolute Gasteiger partial charge is 0.201 e. The molecule has 0 unspecified atom stereocenters. The number of hydrogen-bond acceptors (Lipinski definition) is 3. The summed E-state index contributed by atoms with van der Waals surface area (Å²) in [6.07, 6.45) is 3.91. The van der Waals surface area contributed by atoms with Crippen molar-refractivity contribution in [3.05, 3.63) is 89.8 Å². The van der Waals surface area contributed by atoms with Gasteiger partial charge in [-0.3, -0.25) is 0 Å². The first-order valence-electron chi connectivity index (χ1n) is 11.4. The highest BCUT2D eigenvalue weighted by Crippen LogP contribution is 2.33. The van der Waals surface area contributed by atoms with Gasteiger partial charge in [-0.25, -0.2) is 8.78 Å². The van der Waals surface area contributed by atoms with E-state index in [1.54, 1.807) is 36.4 Å². The van der Waals surface area contributed by atoms with Crippen molar-refractivity contribution in [2.24, 2.45) is 5.92 Å². The summed E-state index contributed by atoms with van der Waals surface area (Å²) < 4.78 is 60.4. The van der Waals surface area contributed by atoms with E-state index in [0.717, 1.165) is 5.56 Å². The van der Waals surface area contributed by atoms with Gasteiger partial charge in [0.2, 0.25) is 5.82 Å². The molecule has 1 saturated heterocycles. The van der Waals surface area contributed by atoms with Gasteiger partial charge in [-0.1, -0.05) is 55.5 Å². The Labute approximate surface area is 197 Å². The predicted octanol–water partition coefficient (Wildman–Crippen LogP) is 7.46. The number of rotatable bonds is 7. The lowest BCUT2D eigenvalue weighted by molar-refractivity contribution is -0.198. The Morgan fingerprint density at radius 1 is 0.882 bits per heavy atom. The van der Waals surface area contributed by atoms with E-state index >= 15 is 0 Å². The van der Waals surface area contributed by atoms with Crippen LogP contribution < -0.4 is 4.74 Å². The number of ether oxygens (including phenoxy) is 3. The Hall–Kier alpha value is -3.09. The lowest BCUT2D eigenvalue weighted by Gasteiger charge is -2.28. The second kappa shape index (κ2) is 10.9. The second-order valence-electron chi connectivity index (χ2n) is 8.19. The van der Waals surface area contributed by atoms with Crippen LogP contribution in [0.1, 0.15) is 32.1 Å². The normalized spacial score (nSPS) is 18.4. The van der Waals surface area contributed by atoms with Gasteiger partial charge in [-0.05, 0) is 48.2 Å². The molecule has 0 aliphatic carbocycles. The molecule has 6 heteroatoms. The van der Waals surface area contributed by atoms with Crippen LogP contribution in [0.4, 0.5) is 13.2 Å². The van der Waals surface area contributed by atoms with Gasteiger partial charge in [-0.15, -0.1) is 0 Å². The topological polar surface area (TPSA) is 27.7 Å². The Morgan fingerprint density at radius 2 is 1.56 bits per heavy atom. The van der Waals surface area contributed by atoms with Crippen LogP contribution in [0.25, 0.3) is 22.3 Å². The maximum Gasteiger partial charge on any atom is 0.201 e. The van der Waals surface area contributed by atoms with E-state index in [1.165, 1.54) is 18.2 Å².